The van der Waals surface area contributed by atoms with Crippen LogP contribution in [-0.4, -0.2) is 40.0 Å². The SMILES string of the molecule is Nc1nc(C(=O)N2CCC(CC(=O)O)C2)cs1. The molecule has 0 aliphatic carbocycles. The highest BCUT2D eigenvalue weighted by atomic mass is 32.1. The molecule has 1 fully saturated rings. The summed E-state index contributed by atoms with van der Waals surface area (Å²) < 4.78 is 0. The zero-order valence-corrected chi connectivity index (χ0v) is 9.94. The lowest BCUT2D eigenvalue weighted by Gasteiger charge is -2.14. The first-order valence-electron chi connectivity index (χ1n) is 5.28. The number of thiazole rings is 1. The van der Waals surface area contributed by atoms with Crippen LogP contribution < -0.4 is 5.73 Å². The number of carboxylic acids is 1. The molecular weight excluding hydrogens is 242 g/mol. The number of aliphatic carboxylic acids is 1. The number of anilines is 1. The number of carbonyl (C=O) groups is 2. The van der Waals surface area contributed by atoms with Gasteiger partial charge in [-0.3, -0.25) is 9.59 Å². The molecule has 1 unspecified atom stereocenters. The number of nitrogens with zero attached hydrogens (tertiary/aromatic N) is 2. The molecule has 1 aliphatic rings. The third kappa shape index (κ3) is 2.73. The highest BCUT2D eigenvalue weighted by Crippen LogP contribution is 2.22. The van der Waals surface area contributed by atoms with E-state index >= 15 is 0 Å². The van der Waals surface area contributed by atoms with Crippen molar-refractivity contribution in [3.05, 3.63) is 11.1 Å². The van der Waals surface area contributed by atoms with Gasteiger partial charge < -0.3 is 15.7 Å². The minimum absolute atomic E-state index is 0.0485. The number of aromatic nitrogens is 1. The van der Waals surface area contributed by atoms with E-state index in [4.69, 9.17) is 10.8 Å². The number of nitrogen functional groups attached to an aromatic ring is 1. The van der Waals surface area contributed by atoms with Crippen LogP contribution in [0.15, 0.2) is 5.38 Å². The summed E-state index contributed by atoms with van der Waals surface area (Å²) in [4.78, 5) is 28.1. The van der Waals surface area contributed by atoms with Crippen LogP contribution in [0.5, 0.6) is 0 Å². The van der Waals surface area contributed by atoms with Gasteiger partial charge in [-0.1, -0.05) is 0 Å². The number of carboxylic acid groups (broad SMARTS) is 1. The molecular formula is C10H13N3O3S. The van der Waals surface area contributed by atoms with Gasteiger partial charge in [-0.15, -0.1) is 11.3 Å². The standard InChI is InChI=1S/C10H13N3O3S/c11-10-12-7(5-17-10)9(16)13-2-1-6(4-13)3-8(14)15/h5-6H,1-4H2,(H2,11,12)(H,14,15). The topological polar surface area (TPSA) is 96.5 Å². The van der Waals surface area contributed by atoms with E-state index < -0.39 is 5.97 Å². The third-order valence-electron chi connectivity index (χ3n) is 2.78. The van der Waals surface area contributed by atoms with Gasteiger partial charge in [0.1, 0.15) is 5.69 Å². The lowest BCUT2D eigenvalue weighted by molar-refractivity contribution is -0.138. The number of hydrogen-bond acceptors (Lipinski definition) is 5. The third-order valence-corrected chi connectivity index (χ3v) is 3.45. The first-order valence-corrected chi connectivity index (χ1v) is 6.16. The van der Waals surface area contributed by atoms with Crippen molar-refractivity contribution >= 4 is 28.3 Å². The van der Waals surface area contributed by atoms with Crippen molar-refractivity contribution in [1.82, 2.24) is 9.88 Å². The molecule has 6 nitrogen and oxygen atoms in total. The second kappa shape index (κ2) is 4.70. The number of nitrogens with two attached hydrogens (primary N) is 1. The molecule has 0 bridgehead atoms. The summed E-state index contributed by atoms with van der Waals surface area (Å²) in [6.45, 7) is 1.08. The summed E-state index contributed by atoms with van der Waals surface area (Å²) in [5.74, 6) is -0.930. The Balaban J connectivity index is 1.96. The predicted octanol–water partition coefficient (Wildman–Crippen LogP) is 0.662. The van der Waals surface area contributed by atoms with Crippen LogP contribution in [0.25, 0.3) is 0 Å². The van der Waals surface area contributed by atoms with Crippen LogP contribution in [0.3, 0.4) is 0 Å². The summed E-state index contributed by atoms with van der Waals surface area (Å²) in [5, 5.41) is 10.7. The van der Waals surface area contributed by atoms with E-state index in [1.807, 2.05) is 0 Å². The molecule has 0 saturated carbocycles. The molecule has 1 saturated heterocycles. The van der Waals surface area contributed by atoms with E-state index in [2.05, 4.69) is 4.98 Å². The molecule has 0 spiro atoms. The first-order chi connectivity index (χ1) is 8.06. The number of rotatable bonds is 3. The molecule has 17 heavy (non-hydrogen) atoms. The maximum Gasteiger partial charge on any atom is 0.303 e. The highest BCUT2D eigenvalue weighted by Gasteiger charge is 2.29. The number of likely N-dealkylation sites (tertiary alicyclic amines) is 1. The molecule has 0 radical (unpaired) electrons. The second-order valence-corrected chi connectivity index (χ2v) is 4.96. The molecule has 2 heterocycles. The van der Waals surface area contributed by atoms with Crippen molar-refractivity contribution < 1.29 is 14.7 Å². The van der Waals surface area contributed by atoms with Gasteiger partial charge >= 0.3 is 5.97 Å². The quantitative estimate of drug-likeness (QED) is 0.827. The monoisotopic (exact) mass is 255 g/mol. The van der Waals surface area contributed by atoms with Crippen molar-refractivity contribution in [1.29, 1.82) is 0 Å². The average Bonchev–Trinajstić information content (AvgIpc) is 2.85. The Labute approximate surface area is 102 Å². The summed E-state index contributed by atoms with van der Waals surface area (Å²) in [6, 6.07) is 0. The van der Waals surface area contributed by atoms with Gasteiger partial charge in [-0.05, 0) is 12.3 Å². The van der Waals surface area contributed by atoms with E-state index in [0.29, 0.717) is 23.9 Å². The zero-order chi connectivity index (χ0) is 12.4. The van der Waals surface area contributed by atoms with Crippen molar-refractivity contribution in [3.8, 4) is 0 Å². The molecule has 1 aliphatic heterocycles. The Kier molecular flexibility index (Phi) is 3.28. The van der Waals surface area contributed by atoms with Gasteiger partial charge in [0.15, 0.2) is 5.13 Å². The van der Waals surface area contributed by atoms with Crippen LogP contribution in [0.4, 0.5) is 5.13 Å². The number of carbonyl (C=O) groups excluding carboxylic acids is 1. The minimum atomic E-state index is -0.817. The van der Waals surface area contributed by atoms with Gasteiger partial charge in [0.25, 0.3) is 5.91 Å². The van der Waals surface area contributed by atoms with E-state index in [1.165, 1.54) is 11.3 Å². The fourth-order valence-corrected chi connectivity index (χ4v) is 2.52. The van der Waals surface area contributed by atoms with Gasteiger partial charge in [0.2, 0.25) is 0 Å². The van der Waals surface area contributed by atoms with Crippen molar-refractivity contribution in [3.63, 3.8) is 0 Å². The van der Waals surface area contributed by atoms with Gasteiger partial charge in [-0.2, -0.15) is 0 Å². The number of hydrogen-bond donors (Lipinski definition) is 2. The Morgan fingerprint density at radius 1 is 1.65 bits per heavy atom. The van der Waals surface area contributed by atoms with Gasteiger partial charge in [0.05, 0.1) is 0 Å². The Morgan fingerprint density at radius 2 is 2.41 bits per heavy atom. The lowest BCUT2D eigenvalue weighted by Crippen LogP contribution is -2.29. The summed E-state index contributed by atoms with van der Waals surface area (Å²) in [6.07, 6.45) is 0.848. The fourth-order valence-electron chi connectivity index (χ4n) is 1.98. The first kappa shape index (κ1) is 11.8. The maximum absolute atomic E-state index is 12.0. The van der Waals surface area contributed by atoms with Gasteiger partial charge in [0, 0.05) is 24.9 Å². The number of amides is 1. The molecule has 7 heteroatoms. The van der Waals surface area contributed by atoms with E-state index in [9.17, 15) is 9.59 Å². The van der Waals surface area contributed by atoms with Crippen molar-refractivity contribution in [2.24, 2.45) is 5.92 Å². The molecule has 2 rings (SSSR count). The molecule has 1 amide bonds. The summed E-state index contributed by atoms with van der Waals surface area (Å²) in [7, 11) is 0. The Morgan fingerprint density at radius 3 is 3.00 bits per heavy atom. The van der Waals surface area contributed by atoms with Crippen LogP contribution in [0.1, 0.15) is 23.3 Å². The lowest BCUT2D eigenvalue weighted by atomic mass is 10.1. The maximum atomic E-state index is 12.0. The summed E-state index contributed by atoms with van der Waals surface area (Å²) >= 11 is 1.23. The van der Waals surface area contributed by atoms with Crippen LogP contribution in [0, 0.1) is 5.92 Å². The predicted molar refractivity (Wildman–Crippen MR) is 62.8 cm³/mol. The van der Waals surface area contributed by atoms with Crippen LogP contribution in [-0.2, 0) is 4.79 Å². The zero-order valence-electron chi connectivity index (χ0n) is 9.13. The average molecular weight is 255 g/mol. The Bertz CT molecular complexity index is 446. The normalized spacial score (nSPS) is 19.5. The molecule has 3 N–H and O–H groups in total. The van der Waals surface area contributed by atoms with Crippen LogP contribution in [0.2, 0.25) is 0 Å². The van der Waals surface area contributed by atoms with Crippen LogP contribution >= 0.6 is 11.3 Å². The minimum Gasteiger partial charge on any atom is -0.481 e. The largest absolute Gasteiger partial charge is 0.481 e. The molecule has 1 atom stereocenters. The second-order valence-electron chi connectivity index (χ2n) is 4.07. The highest BCUT2D eigenvalue weighted by molar-refractivity contribution is 7.13. The summed E-state index contributed by atoms with van der Waals surface area (Å²) in [5.41, 5.74) is 5.82. The molecule has 92 valence electrons. The van der Waals surface area contributed by atoms with E-state index in [1.54, 1.807) is 10.3 Å². The Hall–Kier alpha value is -1.63. The van der Waals surface area contributed by atoms with Crippen molar-refractivity contribution in [2.75, 3.05) is 18.8 Å². The molecule has 0 aromatic carbocycles. The fraction of sp³-hybridized carbons (Fsp3) is 0.500. The van der Waals surface area contributed by atoms with E-state index in [-0.39, 0.29) is 18.2 Å². The van der Waals surface area contributed by atoms with Gasteiger partial charge in [-0.25, -0.2) is 4.98 Å². The van der Waals surface area contributed by atoms with E-state index in [0.717, 1.165) is 6.42 Å². The van der Waals surface area contributed by atoms with Crippen molar-refractivity contribution in [2.45, 2.75) is 12.8 Å². The molecule has 1 aromatic heterocycles. The molecule has 1 aromatic rings. The smallest absolute Gasteiger partial charge is 0.303 e.